The van der Waals surface area contributed by atoms with Crippen molar-refractivity contribution in [2.45, 2.75) is 26.3 Å². The number of hydrogen-bond donors (Lipinski definition) is 3. The first kappa shape index (κ1) is 24.7. The fraction of sp³-hybridized carbons (Fsp3) is 0.400. The van der Waals surface area contributed by atoms with E-state index in [0.717, 1.165) is 11.1 Å². The highest BCUT2D eigenvalue weighted by Crippen LogP contribution is 2.21. The van der Waals surface area contributed by atoms with E-state index < -0.39 is 5.82 Å². The molecule has 7 nitrogen and oxygen atoms in total. The second-order valence-corrected chi connectivity index (χ2v) is 6.30. The van der Waals surface area contributed by atoms with Gasteiger partial charge in [-0.05, 0) is 44.0 Å². The summed E-state index contributed by atoms with van der Waals surface area (Å²) in [5.41, 5.74) is 1.59. The number of nitrogens with one attached hydrogen (secondary N) is 3. The molecule has 1 heterocycles. The predicted octanol–water partition coefficient (Wildman–Crippen LogP) is 3.40. The lowest BCUT2D eigenvalue weighted by Gasteiger charge is -2.19. The monoisotopic (exact) mass is 518 g/mol. The van der Waals surface area contributed by atoms with Crippen LogP contribution in [0.3, 0.4) is 0 Å². The van der Waals surface area contributed by atoms with Gasteiger partial charge in [0.1, 0.15) is 0 Å². The molecule has 0 saturated carbocycles. The van der Waals surface area contributed by atoms with Crippen molar-refractivity contribution in [1.82, 2.24) is 16.0 Å². The van der Waals surface area contributed by atoms with Crippen LogP contribution in [-0.2, 0) is 0 Å². The van der Waals surface area contributed by atoms with Gasteiger partial charge in [0.05, 0.1) is 19.4 Å². The highest BCUT2D eigenvalue weighted by molar-refractivity contribution is 14.0. The Hall–Kier alpha value is -2.30. The van der Waals surface area contributed by atoms with E-state index in [4.69, 9.17) is 9.15 Å². The normalized spacial score (nSPS) is 12.0. The lowest BCUT2D eigenvalue weighted by molar-refractivity contribution is 0.0925. The molecule has 0 bridgehead atoms. The maximum absolute atomic E-state index is 13.9. The third kappa shape index (κ3) is 7.22. The van der Waals surface area contributed by atoms with E-state index in [-0.39, 0.29) is 41.7 Å². The highest BCUT2D eigenvalue weighted by Gasteiger charge is 2.12. The Bertz CT molecular complexity index is 826. The number of benzene rings is 1. The van der Waals surface area contributed by atoms with Gasteiger partial charge >= 0.3 is 0 Å². The minimum atomic E-state index is -0.404. The summed E-state index contributed by atoms with van der Waals surface area (Å²) in [6.07, 6.45) is 2.20. The van der Waals surface area contributed by atoms with Crippen molar-refractivity contribution in [3.63, 3.8) is 0 Å². The Morgan fingerprint density at radius 1 is 1.28 bits per heavy atom. The fourth-order valence-corrected chi connectivity index (χ4v) is 2.62. The van der Waals surface area contributed by atoms with Gasteiger partial charge in [-0.2, -0.15) is 0 Å². The van der Waals surface area contributed by atoms with Crippen LogP contribution in [0.15, 0.2) is 39.9 Å². The van der Waals surface area contributed by atoms with E-state index in [1.54, 1.807) is 25.2 Å². The first-order valence-electron chi connectivity index (χ1n) is 9.09. The minimum Gasteiger partial charge on any atom is -0.494 e. The van der Waals surface area contributed by atoms with Crippen LogP contribution in [0.4, 0.5) is 4.39 Å². The molecule has 0 saturated heterocycles. The number of aliphatic imine (C=N–C) groups is 1. The topological polar surface area (TPSA) is 87.9 Å². The van der Waals surface area contributed by atoms with Gasteiger partial charge in [-0.1, -0.05) is 6.07 Å². The summed E-state index contributed by atoms with van der Waals surface area (Å²) >= 11 is 0. The lowest BCUT2D eigenvalue weighted by Crippen LogP contribution is -2.40. The zero-order chi connectivity index (χ0) is 20.5. The summed E-state index contributed by atoms with van der Waals surface area (Å²) in [6, 6.07) is 6.45. The Labute approximate surface area is 187 Å². The maximum Gasteiger partial charge on any atom is 0.287 e. The van der Waals surface area contributed by atoms with E-state index in [1.807, 2.05) is 13.8 Å². The van der Waals surface area contributed by atoms with Crippen LogP contribution in [-0.4, -0.2) is 39.1 Å². The summed E-state index contributed by atoms with van der Waals surface area (Å²) in [6.45, 7) is 4.86. The number of furan rings is 1. The average Bonchev–Trinajstić information content (AvgIpc) is 3.12. The number of hydrogen-bond acceptors (Lipinski definition) is 4. The Morgan fingerprint density at radius 3 is 2.59 bits per heavy atom. The second kappa shape index (κ2) is 12.3. The van der Waals surface area contributed by atoms with Crippen molar-refractivity contribution < 1.29 is 18.3 Å². The number of carbonyl (C=O) groups excluding carboxylic acids is 1. The van der Waals surface area contributed by atoms with E-state index in [0.29, 0.717) is 31.2 Å². The molecule has 1 atom stereocenters. The largest absolute Gasteiger partial charge is 0.494 e. The first-order chi connectivity index (χ1) is 13.5. The molecule has 1 unspecified atom stereocenters. The van der Waals surface area contributed by atoms with Gasteiger partial charge in [0.15, 0.2) is 23.3 Å². The molecule has 0 spiro atoms. The van der Waals surface area contributed by atoms with E-state index >= 15 is 0 Å². The minimum absolute atomic E-state index is 0. The summed E-state index contributed by atoms with van der Waals surface area (Å²) in [7, 11) is 3.10. The average molecular weight is 518 g/mol. The maximum atomic E-state index is 13.9. The van der Waals surface area contributed by atoms with Crippen LogP contribution in [0.25, 0.3) is 0 Å². The third-order valence-electron chi connectivity index (χ3n) is 4.25. The lowest BCUT2D eigenvalue weighted by atomic mass is 10.1. The molecule has 3 N–H and O–H groups in total. The Morgan fingerprint density at radius 2 is 2.00 bits per heavy atom. The molecular formula is C20H28FIN4O3. The van der Waals surface area contributed by atoms with E-state index in [1.165, 1.54) is 19.4 Å². The molecular weight excluding hydrogens is 490 g/mol. The van der Waals surface area contributed by atoms with Gasteiger partial charge in [-0.3, -0.25) is 9.79 Å². The number of methoxy groups -OCH3 is 1. The smallest absolute Gasteiger partial charge is 0.287 e. The van der Waals surface area contributed by atoms with Crippen LogP contribution < -0.4 is 20.7 Å². The van der Waals surface area contributed by atoms with Gasteiger partial charge in [-0.25, -0.2) is 4.39 Å². The van der Waals surface area contributed by atoms with Crippen molar-refractivity contribution in [2.75, 3.05) is 27.2 Å². The summed E-state index contributed by atoms with van der Waals surface area (Å²) < 4.78 is 24.0. The molecule has 1 amide bonds. The summed E-state index contributed by atoms with van der Waals surface area (Å²) in [5, 5.41) is 9.19. The molecule has 2 rings (SSSR count). The predicted molar refractivity (Wildman–Crippen MR) is 122 cm³/mol. The van der Waals surface area contributed by atoms with Gasteiger partial charge in [0, 0.05) is 25.7 Å². The summed E-state index contributed by atoms with van der Waals surface area (Å²) in [4.78, 5) is 16.1. The fourth-order valence-electron chi connectivity index (χ4n) is 2.62. The zero-order valence-electron chi connectivity index (χ0n) is 17.0. The molecule has 0 fully saturated rings. The molecule has 0 aliphatic rings. The van der Waals surface area contributed by atoms with Crippen LogP contribution in [0, 0.1) is 12.7 Å². The van der Waals surface area contributed by atoms with Crippen molar-refractivity contribution in [3.05, 3.63) is 53.2 Å². The first-order valence-corrected chi connectivity index (χ1v) is 9.09. The summed E-state index contributed by atoms with van der Waals surface area (Å²) in [5.74, 6) is 0.521. The quantitative estimate of drug-likeness (QED) is 0.216. The Balaban J connectivity index is 0.00000420. The number of carbonyl (C=O) groups is 1. The number of nitrogens with zero attached hydrogens (tertiary/aromatic N) is 1. The number of rotatable bonds is 8. The van der Waals surface area contributed by atoms with Crippen molar-refractivity contribution in [2.24, 2.45) is 4.99 Å². The van der Waals surface area contributed by atoms with Crippen LogP contribution in [0.2, 0.25) is 0 Å². The number of amides is 1. The van der Waals surface area contributed by atoms with Crippen molar-refractivity contribution in [3.8, 4) is 5.75 Å². The molecule has 0 aliphatic heterocycles. The molecule has 9 heteroatoms. The second-order valence-electron chi connectivity index (χ2n) is 6.30. The van der Waals surface area contributed by atoms with Crippen molar-refractivity contribution >= 4 is 35.8 Å². The number of aryl methyl sites for hydroxylation is 1. The SMILES string of the molecule is CN=C(NCCCNC(=O)c1occc1C)NC(C)c1ccc(OC)c(F)c1.I. The van der Waals surface area contributed by atoms with Crippen LogP contribution in [0.1, 0.15) is 41.1 Å². The molecule has 2 aromatic rings. The van der Waals surface area contributed by atoms with Gasteiger partial charge in [0.2, 0.25) is 0 Å². The number of guanidine groups is 1. The standard InChI is InChI=1S/C20H27FN4O3.HI/c1-13-8-11-28-18(13)19(26)23-9-5-10-24-20(22-3)25-14(2)15-6-7-17(27-4)16(21)12-15;/h6-8,11-12,14H,5,9-10H2,1-4H3,(H,23,26)(H2,22,24,25);1H. The van der Waals surface area contributed by atoms with Crippen molar-refractivity contribution in [1.29, 1.82) is 0 Å². The van der Waals surface area contributed by atoms with Crippen LogP contribution >= 0.6 is 24.0 Å². The van der Waals surface area contributed by atoms with Gasteiger partial charge < -0.3 is 25.1 Å². The third-order valence-corrected chi connectivity index (χ3v) is 4.25. The van der Waals surface area contributed by atoms with Gasteiger partial charge in [-0.15, -0.1) is 24.0 Å². The molecule has 0 radical (unpaired) electrons. The van der Waals surface area contributed by atoms with E-state index in [9.17, 15) is 9.18 Å². The zero-order valence-corrected chi connectivity index (χ0v) is 19.4. The highest BCUT2D eigenvalue weighted by atomic mass is 127. The van der Waals surface area contributed by atoms with Crippen LogP contribution in [0.5, 0.6) is 5.75 Å². The number of ether oxygens (including phenoxy) is 1. The molecule has 1 aromatic heterocycles. The van der Waals surface area contributed by atoms with E-state index in [2.05, 4.69) is 20.9 Å². The molecule has 1 aromatic carbocycles. The molecule has 0 aliphatic carbocycles. The number of halogens is 2. The van der Waals surface area contributed by atoms with Gasteiger partial charge in [0.25, 0.3) is 5.91 Å². The Kier molecular flexibility index (Phi) is 10.5. The molecule has 29 heavy (non-hydrogen) atoms. The molecule has 160 valence electrons.